The van der Waals surface area contributed by atoms with Gasteiger partial charge < -0.3 is 5.32 Å². The maximum absolute atomic E-state index is 4.85. The molecule has 1 N–H and O–H groups in total. The second kappa shape index (κ2) is 5.47. The first-order chi connectivity index (χ1) is 9.75. The molecule has 3 heteroatoms. The van der Waals surface area contributed by atoms with Gasteiger partial charge in [0.2, 0.25) is 0 Å². The van der Waals surface area contributed by atoms with E-state index in [9.17, 15) is 0 Å². The molecule has 0 bridgehead atoms. The number of hydrogen-bond donors (Lipinski definition) is 1. The average Bonchev–Trinajstić information content (AvgIpc) is 2.46. The number of hydrogen-bond acceptors (Lipinski definition) is 3. The lowest BCUT2D eigenvalue weighted by Gasteiger charge is -2.27. The molecule has 0 aliphatic rings. The molecule has 0 fully saturated rings. The van der Waals surface area contributed by atoms with Crippen molar-refractivity contribution in [2.75, 3.05) is 12.4 Å². The maximum Gasteiger partial charge on any atom is 0.140 e. The second-order valence-electron chi connectivity index (χ2n) is 6.95. The summed E-state index contributed by atoms with van der Waals surface area (Å²) in [6.45, 7) is 10.9. The summed E-state index contributed by atoms with van der Waals surface area (Å²) in [7, 11) is 1.90. The molecule has 2 aromatic rings. The van der Waals surface area contributed by atoms with Crippen LogP contribution in [-0.2, 0) is 10.8 Å². The van der Waals surface area contributed by atoms with Crippen LogP contribution >= 0.6 is 0 Å². The van der Waals surface area contributed by atoms with Gasteiger partial charge in [-0.25, -0.2) is 9.97 Å². The first kappa shape index (κ1) is 15.5. The third-order valence-corrected chi connectivity index (χ3v) is 3.81. The molecule has 0 amide bonds. The molecule has 0 unspecified atom stereocenters. The van der Waals surface area contributed by atoms with Gasteiger partial charge in [0.15, 0.2) is 0 Å². The van der Waals surface area contributed by atoms with E-state index >= 15 is 0 Å². The summed E-state index contributed by atoms with van der Waals surface area (Å²) >= 11 is 0. The van der Waals surface area contributed by atoms with Crippen LogP contribution in [-0.4, -0.2) is 17.0 Å². The van der Waals surface area contributed by atoms with Crippen molar-refractivity contribution >= 4 is 5.82 Å². The Bertz CT molecular complexity index is 610. The van der Waals surface area contributed by atoms with Crippen molar-refractivity contribution in [3.63, 3.8) is 0 Å². The van der Waals surface area contributed by atoms with Crippen LogP contribution in [0.3, 0.4) is 0 Å². The monoisotopic (exact) mass is 283 g/mol. The van der Waals surface area contributed by atoms with Crippen LogP contribution in [0.15, 0.2) is 36.4 Å². The van der Waals surface area contributed by atoms with E-state index in [1.807, 2.05) is 19.2 Å². The topological polar surface area (TPSA) is 37.8 Å². The zero-order valence-corrected chi connectivity index (χ0v) is 13.9. The van der Waals surface area contributed by atoms with Gasteiger partial charge in [0, 0.05) is 23.9 Å². The summed E-state index contributed by atoms with van der Waals surface area (Å²) in [6.07, 6.45) is 0. The molecule has 1 aromatic heterocycles. The lowest BCUT2D eigenvalue weighted by atomic mass is 9.83. The summed E-state index contributed by atoms with van der Waals surface area (Å²) in [6, 6.07) is 12.4. The van der Waals surface area contributed by atoms with Crippen molar-refractivity contribution in [2.24, 2.45) is 0 Å². The van der Waals surface area contributed by atoms with Crippen LogP contribution in [0.4, 0.5) is 5.82 Å². The normalized spacial score (nSPS) is 12.3. The van der Waals surface area contributed by atoms with Crippen molar-refractivity contribution in [1.29, 1.82) is 0 Å². The van der Waals surface area contributed by atoms with Crippen LogP contribution in [0, 0.1) is 0 Å². The Morgan fingerprint density at radius 2 is 1.52 bits per heavy atom. The summed E-state index contributed by atoms with van der Waals surface area (Å²) in [5.41, 5.74) is 2.04. The number of benzene rings is 1. The molecule has 112 valence electrons. The van der Waals surface area contributed by atoms with Crippen molar-refractivity contribution < 1.29 is 0 Å². The third kappa shape index (κ3) is 3.23. The molecular formula is C18H25N3. The van der Waals surface area contributed by atoms with Crippen LogP contribution in [0.2, 0.25) is 0 Å². The molecule has 0 saturated heterocycles. The molecule has 0 atom stereocenters. The Hall–Kier alpha value is -1.90. The van der Waals surface area contributed by atoms with E-state index in [2.05, 4.69) is 64.2 Å². The number of aromatic nitrogens is 2. The highest BCUT2D eigenvalue weighted by atomic mass is 15.0. The summed E-state index contributed by atoms with van der Waals surface area (Å²) in [5.74, 6) is 1.72. The van der Waals surface area contributed by atoms with E-state index < -0.39 is 0 Å². The van der Waals surface area contributed by atoms with Crippen LogP contribution < -0.4 is 5.32 Å². The van der Waals surface area contributed by atoms with Crippen molar-refractivity contribution in [2.45, 2.75) is 45.4 Å². The third-order valence-electron chi connectivity index (χ3n) is 3.81. The van der Waals surface area contributed by atoms with Crippen molar-refractivity contribution in [3.05, 3.63) is 53.5 Å². The van der Waals surface area contributed by atoms with Gasteiger partial charge in [0.25, 0.3) is 0 Å². The van der Waals surface area contributed by atoms with Gasteiger partial charge in [-0.3, -0.25) is 0 Å². The maximum atomic E-state index is 4.85. The van der Waals surface area contributed by atoms with E-state index in [0.29, 0.717) is 0 Å². The van der Waals surface area contributed by atoms with Gasteiger partial charge in [-0.15, -0.1) is 0 Å². The molecule has 0 aliphatic heterocycles. The molecule has 3 nitrogen and oxygen atoms in total. The lowest BCUT2D eigenvalue weighted by Crippen LogP contribution is -2.26. The molecule has 0 spiro atoms. The minimum absolute atomic E-state index is 0.00391. The van der Waals surface area contributed by atoms with Gasteiger partial charge in [0.05, 0.1) is 5.69 Å². The van der Waals surface area contributed by atoms with Gasteiger partial charge in [0.1, 0.15) is 11.6 Å². The highest BCUT2D eigenvalue weighted by molar-refractivity contribution is 5.40. The minimum atomic E-state index is -0.228. The summed E-state index contributed by atoms with van der Waals surface area (Å²) in [4.78, 5) is 9.54. The molecule has 1 aromatic carbocycles. The first-order valence-corrected chi connectivity index (χ1v) is 7.38. The van der Waals surface area contributed by atoms with Crippen molar-refractivity contribution in [1.82, 2.24) is 9.97 Å². The van der Waals surface area contributed by atoms with Gasteiger partial charge >= 0.3 is 0 Å². The van der Waals surface area contributed by atoms with Crippen LogP contribution in [0.1, 0.15) is 51.7 Å². The Balaban J connectivity index is 2.58. The standard InChI is InChI=1S/C18H25N3/c1-17(2,3)14-12-15(19-6)21-16(20-14)18(4,5)13-10-8-7-9-11-13/h7-12H,1-6H3,(H,19,20,21). The van der Waals surface area contributed by atoms with Gasteiger partial charge in [-0.05, 0) is 19.4 Å². The highest BCUT2D eigenvalue weighted by Crippen LogP contribution is 2.31. The van der Waals surface area contributed by atoms with Gasteiger partial charge in [-0.1, -0.05) is 51.1 Å². The van der Waals surface area contributed by atoms with E-state index in [1.54, 1.807) is 0 Å². The van der Waals surface area contributed by atoms with Gasteiger partial charge in [-0.2, -0.15) is 0 Å². The number of anilines is 1. The lowest BCUT2D eigenvalue weighted by molar-refractivity contribution is 0.535. The molecule has 2 rings (SSSR count). The largest absolute Gasteiger partial charge is 0.373 e. The summed E-state index contributed by atoms with van der Waals surface area (Å²) in [5, 5.41) is 3.15. The first-order valence-electron chi connectivity index (χ1n) is 7.38. The van der Waals surface area contributed by atoms with E-state index in [0.717, 1.165) is 17.3 Å². The van der Waals surface area contributed by atoms with Crippen LogP contribution in [0.25, 0.3) is 0 Å². The predicted molar refractivity (Wildman–Crippen MR) is 88.8 cm³/mol. The zero-order valence-electron chi connectivity index (χ0n) is 13.9. The highest BCUT2D eigenvalue weighted by Gasteiger charge is 2.28. The van der Waals surface area contributed by atoms with Crippen molar-refractivity contribution in [3.8, 4) is 0 Å². The van der Waals surface area contributed by atoms with E-state index in [1.165, 1.54) is 5.56 Å². The predicted octanol–water partition coefficient (Wildman–Crippen LogP) is 4.14. The quantitative estimate of drug-likeness (QED) is 0.920. The summed E-state index contributed by atoms with van der Waals surface area (Å²) < 4.78 is 0. The fraction of sp³-hybridized carbons (Fsp3) is 0.444. The number of nitrogens with one attached hydrogen (secondary N) is 1. The zero-order chi connectivity index (χ0) is 15.7. The molecule has 21 heavy (non-hydrogen) atoms. The Morgan fingerprint density at radius 3 is 2.05 bits per heavy atom. The Kier molecular flexibility index (Phi) is 4.04. The Morgan fingerprint density at radius 1 is 0.905 bits per heavy atom. The second-order valence-corrected chi connectivity index (χ2v) is 6.95. The van der Waals surface area contributed by atoms with E-state index in [4.69, 9.17) is 9.97 Å². The SMILES string of the molecule is CNc1cc(C(C)(C)C)nc(C(C)(C)c2ccccc2)n1. The number of nitrogens with zero attached hydrogens (tertiary/aromatic N) is 2. The average molecular weight is 283 g/mol. The van der Waals surface area contributed by atoms with Crippen LogP contribution in [0.5, 0.6) is 0 Å². The molecule has 1 heterocycles. The molecule has 0 saturated carbocycles. The number of rotatable bonds is 3. The smallest absolute Gasteiger partial charge is 0.140 e. The minimum Gasteiger partial charge on any atom is -0.373 e. The fourth-order valence-electron chi connectivity index (χ4n) is 2.22. The molecular weight excluding hydrogens is 258 g/mol. The molecule has 0 radical (unpaired) electrons. The molecule has 0 aliphatic carbocycles. The van der Waals surface area contributed by atoms with E-state index in [-0.39, 0.29) is 10.8 Å². The Labute approximate surface area is 127 Å². The fourth-order valence-corrected chi connectivity index (χ4v) is 2.22.